The summed E-state index contributed by atoms with van der Waals surface area (Å²) in [5.74, 6) is 0.178. The molecule has 1 rings (SSSR count). The Morgan fingerprint density at radius 1 is 1.46 bits per heavy atom. The number of hydrogen-bond donors (Lipinski definition) is 2. The van der Waals surface area contributed by atoms with Gasteiger partial charge in [0.15, 0.2) is 5.15 Å². The van der Waals surface area contributed by atoms with Gasteiger partial charge in [-0.1, -0.05) is 23.2 Å². The SMILES string of the molecule is COc1cc(B(O)O)c(Cl)c(Cl)n1. The van der Waals surface area contributed by atoms with E-state index in [4.69, 9.17) is 38.0 Å². The maximum absolute atomic E-state index is 8.88. The van der Waals surface area contributed by atoms with Crippen LogP contribution >= 0.6 is 23.2 Å². The molecule has 0 bridgehead atoms. The number of halogens is 2. The van der Waals surface area contributed by atoms with Gasteiger partial charge in [-0.15, -0.1) is 0 Å². The molecular formula is C6H6BCl2NO3. The Balaban J connectivity index is 3.25. The molecule has 0 aliphatic carbocycles. The van der Waals surface area contributed by atoms with Gasteiger partial charge in [-0.3, -0.25) is 0 Å². The minimum atomic E-state index is -1.69. The number of hydrogen-bond acceptors (Lipinski definition) is 4. The lowest BCUT2D eigenvalue weighted by molar-refractivity contribution is 0.396. The number of pyridine rings is 1. The molecule has 7 heteroatoms. The van der Waals surface area contributed by atoms with Gasteiger partial charge in [0.05, 0.1) is 12.1 Å². The maximum atomic E-state index is 8.88. The van der Waals surface area contributed by atoms with Gasteiger partial charge in [-0.2, -0.15) is 0 Å². The summed E-state index contributed by atoms with van der Waals surface area (Å²) in [6, 6.07) is 1.30. The summed E-state index contributed by atoms with van der Waals surface area (Å²) in [5, 5.41) is 17.7. The average Bonchev–Trinajstić information content (AvgIpc) is 2.09. The highest BCUT2D eigenvalue weighted by molar-refractivity contribution is 6.64. The average molecular weight is 222 g/mol. The third-order valence-corrected chi connectivity index (χ3v) is 2.18. The molecule has 0 aliphatic rings. The zero-order valence-electron chi connectivity index (χ0n) is 6.66. The summed E-state index contributed by atoms with van der Waals surface area (Å²) in [4.78, 5) is 3.72. The van der Waals surface area contributed by atoms with E-state index in [1.807, 2.05) is 0 Å². The largest absolute Gasteiger partial charge is 0.490 e. The van der Waals surface area contributed by atoms with Crippen molar-refractivity contribution in [2.45, 2.75) is 0 Å². The Labute approximate surface area is 85.2 Å². The van der Waals surface area contributed by atoms with E-state index in [1.165, 1.54) is 13.2 Å². The third kappa shape index (κ3) is 2.25. The zero-order chi connectivity index (χ0) is 10.0. The van der Waals surface area contributed by atoms with Gasteiger partial charge >= 0.3 is 7.12 Å². The van der Waals surface area contributed by atoms with E-state index in [2.05, 4.69) is 4.98 Å². The first-order valence-corrected chi connectivity index (χ1v) is 4.08. The van der Waals surface area contributed by atoms with Gasteiger partial charge in [0.1, 0.15) is 0 Å². The van der Waals surface area contributed by atoms with Crippen molar-refractivity contribution in [1.29, 1.82) is 0 Å². The highest BCUT2D eigenvalue weighted by atomic mass is 35.5. The van der Waals surface area contributed by atoms with Crippen molar-refractivity contribution in [2.75, 3.05) is 7.11 Å². The van der Waals surface area contributed by atoms with Crippen molar-refractivity contribution in [2.24, 2.45) is 0 Å². The first-order valence-electron chi connectivity index (χ1n) is 3.32. The minimum absolute atomic E-state index is 0.0115. The van der Waals surface area contributed by atoms with Crippen LogP contribution in [0, 0.1) is 0 Å². The van der Waals surface area contributed by atoms with Crippen LogP contribution in [0.2, 0.25) is 10.2 Å². The van der Waals surface area contributed by atoms with Gasteiger partial charge < -0.3 is 14.8 Å². The summed E-state index contributed by atoms with van der Waals surface area (Å²) in [5.41, 5.74) is 0.0681. The second kappa shape index (κ2) is 4.15. The third-order valence-electron chi connectivity index (χ3n) is 1.41. The zero-order valence-corrected chi connectivity index (χ0v) is 8.17. The van der Waals surface area contributed by atoms with E-state index in [9.17, 15) is 0 Å². The Morgan fingerprint density at radius 2 is 2.08 bits per heavy atom. The molecule has 0 radical (unpaired) electrons. The van der Waals surface area contributed by atoms with E-state index in [-0.39, 0.29) is 21.5 Å². The molecule has 0 aromatic carbocycles. The minimum Gasteiger partial charge on any atom is -0.481 e. The van der Waals surface area contributed by atoms with Gasteiger partial charge in [-0.25, -0.2) is 4.98 Å². The van der Waals surface area contributed by atoms with Crippen LogP contribution in [0.4, 0.5) is 0 Å². The molecule has 1 aromatic heterocycles. The molecule has 0 saturated carbocycles. The Hall–Kier alpha value is -0.485. The molecule has 0 aliphatic heterocycles. The predicted molar refractivity (Wildman–Crippen MR) is 50.6 cm³/mol. The molecule has 0 atom stereocenters. The van der Waals surface area contributed by atoms with Gasteiger partial charge in [0.25, 0.3) is 0 Å². The van der Waals surface area contributed by atoms with Gasteiger partial charge in [0, 0.05) is 11.5 Å². The fourth-order valence-corrected chi connectivity index (χ4v) is 1.17. The molecule has 1 aromatic rings. The molecule has 0 amide bonds. The lowest BCUT2D eigenvalue weighted by Gasteiger charge is -2.06. The maximum Gasteiger partial charge on any atom is 0.490 e. The molecule has 0 saturated heterocycles. The van der Waals surface area contributed by atoms with Gasteiger partial charge in [-0.05, 0) is 0 Å². The van der Waals surface area contributed by atoms with Crippen molar-refractivity contribution in [3.63, 3.8) is 0 Å². The van der Waals surface area contributed by atoms with Crippen molar-refractivity contribution < 1.29 is 14.8 Å². The summed E-state index contributed by atoms with van der Waals surface area (Å²) < 4.78 is 4.76. The van der Waals surface area contributed by atoms with Crippen LogP contribution in [-0.4, -0.2) is 29.3 Å². The van der Waals surface area contributed by atoms with Crippen LogP contribution < -0.4 is 10.2 Å². The van der Waals surface area contributed by atoms with E-state index in [1.54, 1.807) is 0 Å². The molecule has 0 fully saturated rings. The van der Waals surface area contributed by atoms with Crippen LogP contribution in [0.3, 0.4) is 0 Å². The van der Waals surface area contributed by atoms with E-state index >= 15 is 0 Å². The van der Waals surface area contributed by atoms with Crippen molar-refractivity contribution >= 4 is 35.8 Å². The molecule has 0 spiro atoms. The number of nitrogens with zero attached hydrogens (tertiary/aromatic N) is 1. The number of ether oxygens (including phenoxy) is 1. The summed E-state index contributed by atoms with van der Waals surface area (Å²) in [6.45, 7) is 0. The molecule has 0 unspecified atom stereocenters. The molecule has 13 heavy (non-hydrogen) atoms. The van der Waals surface area contributed by atoms with E-state index in [0.29, 0.717) is 0 Å². The topological polar surface area (TPSA) is 62.6 Å². The van der Waals surface area contributed by atoms with Crippen molar-refractivity contribution in [3.05, 3.63) is 16.2 Å². The van der Waals surface area contributed by atoms with Crippen LogP contribution in [0.25, 0.3) is 0 Å². The smallest absolute Gasteiger partial charge is 0.481 e. The number of methoxy groups -OCH3 is 1. The highest BCUT2D eigenvalue weighted by Gasteiger charge is 2.19. The lowest BCUT2D eigenvalue weighted by Crippen LogP contribution is -2.31. The Bertz CT molecular complexity index is 321. The molecular weight excluding hydrogens is 216 g/mol. The van der Waals surface area contributed by atoms with Crippen molar-refractivity contribution in [1.82, 2.24) is 4.98 Å². The monoisotopic (exact) mass is 221 g/mol. The standard InChI is InChI=1S/C6H6BCl2NO3/c1-13-4-2-3(7(11)12)5(8)6(9)10-4/h2,11-12H,1H3. The second-order valence-corrected chi connectivity index (χ2v) is 2.97. The number of aromatic nitrogens is 1. The summed E-state index contributed by atoms with van der Waals surface area (Å²) in [6.07, 6.45) is 0. The molecule has 70 valence electrons. The summed E-state index contributed by atoms with van der Waals surface area (Å²) >= 11 is 11.2. The molecule has 4 nitrogen and oxygen atoms in total. The normalized spacial score (nSPS) is 9.92. The van der Waals surface area contributed by atoms with Crippen LogP contribution in [-0.2, 0) is 0 Å². The van der Waals surface area contributed by atoms with E-state index < -0.39 is 7.12 Å². The van der Waals surface area contributed by atoms with E-state index in [0.717, 1.165) is 0 Å². The second-order valence-electron chi connectivity index (χ2n) is 2.23. The number of rotatable bonds is 2. The Kier molecular flexibility index (Phi) is 3.38. The lowest BCUT2D eigenvalue weighted by atomic mass is 9.81. The molecule has 1 heterocycles. The van der Waals surface area contributed by atoms with Crippen LogP contribution in [0.5, 0.6) is 5.88 Å². The Morgan fingerprint density at radius 3 is 2.54 bits per heavy atom. The fourth-order valence-electron chi connectivity index (χ4n) is 0.786. The van der Waals surface area contributed by atoms with Crippen LogP contribution in [0.1, 0.15) is 0 Å². The van der Waals surface area contributed by atoms with Crippen molar-refractivity contribution in [3.8, 4) is 5.88 Å². The first kappa shape index (κ1) is 10.6. The first-order chi connectivity index (χ1) is 6.06. The predicted octanol–water partition coefficient (Wildman–Crippen LogP) is 0.0768. The van der Waals surface area contributed by atoms with Crippen LogP contribution in [0.15, 0.2) is 6.07 Å². The molecule has 2 N–H and O–H groups in total. The van der Waals surface area contributed by atoms with Gasteiger partial charge in [0.2, 0.25) is 5.88 Å². The fraction of sp³-hybridized carbons (Fsp3) is 0.167. The highest BCUT2D eigenvalue weighted by Crippen LogP contribution is 2.20. The summed E-state index contributed by atoms with van der Waals surface area (Å²) in [7, 11) is -0.304. The quantitative estimate of drug-likeness (QED) is 0.549.